The van der Waals surface area contributed by atoms with Crippen LogP contribution in [0.3, 0.4) is 0 Å². The SMILES string of the molecule is OCC1=C[C@H](N[C@H]2C[C@@](O)(CO)[C@H](O[C@H]3O[C@@H](CO)[C@H](O)[C@@H](O)[C@@H]3O)[C@@H](O)[C@@H]2O)[C@@H](O)[C@H](O)[C@H]1O. The van der Waals surface area contributed by atoms with Gasteiger partial charge in [-0.15, -0.1) is 0 Å². The minimum atomic E-state index is -2.27. The first kappa shape index (κ1) is 28.7. The van der Waals surface area contributed by atoms with E-state index in [9.17, 15) is 61.3 Å². The Morgan fingerprint density at radius 1 is 0.857 bits per heavy atom. The normalized spacial score (nSPS) is 51.2. The van der Waals surface area contributed by atoms with E-state index in [1.807, 2.05) is 0 Å². The lowest BCUT2D eigenvalue weighted by atomic mass is 9.75. The van der Waals surface area contributed by atoms with Gasteiger partial charge in [0.2, 0.25) is 0 Å². The predicted octanol–water partition coefficient (Wildman–Crippen LogP) is -7.64. The molecule has 35 heavy (non-hydrogen) atoms. The third-order valence-corrected chi connectivity index (χ3v) is 6.98. The van der Waals surface area contributed by atoms with Gasteiger partial charge >= 0.3 is 0 Å². The largest absolute Gasteiger partial charge is 0.394 e. The van der Waals surface area contributed by atoms with Crippen LogP contribution in [0.25, 0.3) is 0 Å². The molecule has 0 radical (unpaired) electrons. The number of hydrogen-bond acceptors (Lipinski definition) is 15. The molecule has 0 amide bonds. The van der Waals surface area contributed by atoms with E-state index >= 15 is 0 Å². The van der Waals surface area contributed by atoms with Crippen molar-refractivity contribution in [3.05, 3.63) is 11.6 Å². The zero-order chi connectivity index (χ0) is 26.2. The standard InChI is InChI=1S/C20H35NO14/c22-3-6-1-7(11(26)14(29)10(6)25)21-8-2-20(33,5-24)18(16(31)12(8)27)35-19-17(32)15(30)13(28)9(4-23)34-19/h1,7-19,21-33H,2-5H2/t7-,8-,9-,10-,11+,12+,13-,14+,15+,16-,17-,18+,19+,20+/m0/s1. The number of rotatable bonds is 7. The molecule has 0 aromatic rings. The van der Waals surface area contributed by atoms with Gasteiger partial charge in [0, 0.05) is 6.04 Å². The summed E-state index contributed by atoms with van der Waals surface area (Å²) in [7, 11) is 0. The Balaban J connectivity index is 1.79. The molecule has 0 aromatic heterocycles. The predicted molar refractivity (Wildman–Crippen MR) is 111 cm³/mol. The molecule has 1 saturated carbocycles. The maximum Gasteiger partial charge on any atom is 0.187 e. The van der Waals surface area contributed by atoms with Crippen LogP contribution in [0.4, 0.5) is 0 Å². The van der Waals surface area contributed by atoms with Crippen LogP contribution in [-0.2, 0) is 9.47 Å². The van der Waals surface area contributed by atoms with Gasteiger partial charge in [-0.25, -0.2) is 0 Å². The van der Waals surface area contributed by atoms with Crippen LogP contribution in [-0.4, -0.2) is 166 Å². The molecule has 0 unspecified atom stereocenters. The Hall–Kier alpha value is -0.860. The van der Waals surface area contributed by atoms with Crippen molar-refractivity contribution >= 4 is 0 Å². The van der Waals surface area contributed by atoms with Crippen molar-refractivity contribution in [3.8, 4) is 0 Å². The Morgan fingerprint density at radius 2 is 1.51 bits per heavy atom. The Morgan fingerprint density at radius 3 is 2.09 bits per heavy atom. The lowest BCUT2D eigenvalue weighted by Crippen LogP contribution is -2.71. The van der Waals surface area contributed by atoms with Gasteiger partial charge in [-0.05, 0) is 12.0 Å². The maximum atomic E-state index is 11.1. The maximum absolute atomic E-state index is 11.1. The average Bonchev–Trinajstić information content (AvgIpc) is 2.85. The Kier molecular flexibility index (Phi) is 9.23. The van der Waals surface area contributed by atoms with Crippen LogP contribution in [0.1, 0.15) is 6.42 Å². The second-order valence-electron chi connectivity index (χ2n) is 9.33. The molecule has 2 fully saturated rings. The summed E-state index contributed by atoms with van der Waals surface area (Å²) in [6, 6.07) is -2.34. The summed E-state index contributed by atoms with van der Waals surface area (Å²) in [5, 5.41) is 124. The molecule has 15 nitrogen and oxygen atoms in total. The van der Waals surface area contributed by atoms with E-state index in [4.69, 9.17) is 9.47 Å². The van der Waals surface area contributed by atoms with E-state index in [2.05, 4.69) is 5.32 Å². The molecule has 1 aliphatic heterocycles. The van der Waals surface area contributed by atoms with Crippen molar-refractivity contribution in [1.29, 1.82) is 0 Å². The molecular weight excluding hydrogens is 478 g/mol. The highest BCUT2D eigenvalue weighted by Crippen LogP contribution is 2.35. The molecule has 0 aromatic carbocycles. The first-order valence-electron chi connectivity index (χ1n) is 11.2. The molecule has 204 valence electrons. The van der Waals surface area contributed by atoms with E-state index in [0.29, 0.717) is 0 Å². The highest BCUT2D eigenvalue weighted by atomic mass is 16.7. The molecule has 2 aliphatic carbocycles. The summed E-state index contributed by atoms with van der Waals surface area (Å²) in [6.07, 6.45) is -18.0. The highest BCUT2D eigenvalue weighted by molar-refractivity contribution is 5.22. The fourth-order valence-electron chi connectivity index (χ4n) is 4.78. The smallest absolute Gasteiger partial charge is 0.187 e. The number of nitrogens with one attached hydrogen (secondary N) is 1. The van der Waals surface area contributed by atoms with Gasteiger partial charge in [-0.1, -0.05) is 6.08 Å². The first-order chi connectivity index (χ1) is 16.4. The first-order valence-corrected chi connectivity index (χ1v) is 11.2. The molecule has 15 heteroatoms. The average molecular weight is 513 g/mol. The molecular formula is C20H35NO14. The second kappa shape index (κ2) is 11.3. The van der Waals surface area contributed by atoms with Crippen molar-refractivity contribution < 1.29 is 70.8 Å². The van der Waals surface area contributed by atoms with E-state index in [1.165, 1.54) is 6.08 Å². The van der Waals surface area contributed by atoms with Crippen LogP contribution in [0.15, 0.2) is 11.6 Å². The Labute approximate surface area is 199 Å². The molecule has 3 aliphatic rings. The van der Waals surface area contributed by atoms with E-state index in [-0.39, 0.29) is 5.57 Å². The van der Waals surface area contributed by atoms with Gasteiger partial charge in [0.1, 0.15) is 60.5 Å². The molecule has 3 rings (SSSR count). The van der Waals surface area contributed by atoms with Crippen molar-refractivity contribution in [2.75, 3.05) is 19.8 Å². The molecule has 14 atom stereocenters. The number of aliphatic hydroxyl groups is 12. The fourth-order valence-corrected chi connectivity index (χ4v) is 4.78. The third kappa shape index (κ3) is 5.40. The molecule has 0 bridgehead atoms. The van der Waals surface area contributed by atoms with Crippen LogP contribution in [0.2, 0.25) is 0 Å². The van der Waals surface area contributed by atoms with Crippen LogP contribution < -0.4 is 5.32 Å². The lowest BCUT2D eigenvalue weighted by Gasteiger charge is -2.50. The fraction of sp³-hybridized carbons (Fsp3) is 0.900. The second-order valence-corrected chi connectivity index (χ2v) is 9.33. The minimum Gasteiger partial charge on any atom is -0.394 e. The quantitative estimate of drug-likeness (QED) is 0.141. The lowest BCUT2D eigenvalue weighted by molar-refractivity contribution is -0.343. The van der Waals surface area contributed by atoms with Crippen LogP contribution in [0, 0.1) is 0 Å². The summed E-state index contributed by atoms with van der Waals surface area (Å²) in [6.45, 7) is -2.40. The molecule has 1 heterocycles. The van der Waals surface area contributed by atoms with Crippen molar-refractivity contribution in [2.45, 2.75) is 91.4 Å². The highest BCUT2D eigenvalue weighted by Gasteiger charge is 2.56. The van der Waals surface area contributed by atoms with Gasteiger partial charge in [0.15, 0.2) is 6.29 Å². The minimum absolute atomic E-state index is 0.00704. The van der Waals surface area contributed by atoms with Crippen LogP contribution >= 0.6 is 0 Å². The molecule has 13 N–H and O–H groups in total. The zero-order valence-corrected chi connectivity index (χ0v) is 18.6. The summed E-state index contributed by atoms with van der Waals surface area (Å²) in [5.74, 6) is 0. The summed E-state index contributed by atoms with van der Waals surface area (Å²) in [4.78, 5) is 0. The van der Waals surface area contributed by atoms with Crippen molar-refractivity contribution in [2.24, 2.45) is 0 Å². The van der Waals surface area contributed by atoms with Gasteiger partial charge < -0.3 is 76.1 Å². The van der Waals surface area contributed by atoms with Gasteiger partial charge in [0.05, 0.1) is 32.0 Å². The van der Waals surface area contributed by atoms with Gasteiger partial charge in [-0.3, -0.25) is 0 Å². The number of aliphatic hydroxyl groups excluding tert-OH is 11. The Bertz CT molecular complexity index is 741. The van der Waals surface area contributed by atoms with Crippen LogP contribution in [0.5, 0.6) is 0 Å². The molecule has 0 spiro atoms. The third-order valence-electron chi connectivity index (χ3n) is 6.98. The summed E-state index contributed by atoms with van der Waals surface area (Å²) in [5.41, 5.74) is -2.27. The number of hydrogen-bond donors (Lipinski definition) is 13. The van der Waals surface area contributed by atoms with Gasteiger partial charge in [0.25, 0.3) is 0 Å². The topological polar surface area (TPSA) is 273 Å². The van der Waals surface area contributed by atoms with Crippen molar-refractivity contribution in [3.63, 3.8) is 0 Å². The number of ether oxygens (including phenoxy) is 2. The monoisotopic (exact) mass is 513 g/mol. The van der Waals surface area contributed by atoms with Gasteiger partial charge in [-0.2, -0.15) is 0 Å². The summed E-state index contributed by atoms with van der Waals surface area (Å²) < 4.78 is 10.7. The zero-order valence-electron chi connectivity index (χ0n) is 18.6. The van der Waals surface area contributed by atoms with E-state index in [1.54, 1.807) is 0 Å². The summed E-state index contributed by atoms with van der Waals surface area (Å²) >= 11 is 0. The van der Waals surface area contributed by atoms with E-state index in [0.717, 1.165) is 0 Å². The van der Waals surface area contributed by atoms with E-state index < -0.39 is 111 Å². The van der Waals surface area contributed by atoms with Crippen molar-refractivity contribution in [1.82, 2.24) is 5.32 Å². The molecule has 1 saturated heterocycles.